The van der Waals surface area contributed by atoms with Crippen LogP contribution in [0.15, 0.2) is 17.8 Å². The van der Waals surface area contributed by atoms with E-state index in [9.17, 15) is 0 Å². The molecule has 2 aliphatic rings. The van der Waals surface area contributed by atoms with Gasteiger partial charge in [0.2, 0.25) is 0 Å². The maximum absolute atomic E-state index is 8.98. The van der Waals surface area contributed by atoms with Crippen LogP contribution in [-0.4, -0.2) is 25.7 Å². The highest BCUT2D eigenvalue weighted by atomic mass is 16.4. The number of hydrogen-bond donors (Lipinski definition) is 1. The van der Waals surface area contributed by atoms with Crippen LogP contribution in [0.1, 0.15) is 25.3 Å². The van der Waals surface area contributed by atoms with Gasteiger partial charge in [-0.05, 0) is 25.2 Å². The van der Waals surface area contributed by atoms with Crippen LogP contribution in [0.25, 0.3) is 0 Å². The summed E-state index contributed by atoms with van der Waals surface area (Å²) in [7, 11) is 0. The Balaban J connectivity index is 2.00. The van der Waals surface area contributed by atoms with Crippen molar-refractivity contribution >= 4 is 5.71 Å². The molecule has 0 saturated heterocycles. The second kappa shape index (κ2) is 2.80. The number of hydrogen-bond acceptors (Lipinski definition) is 4. The molecule has 2 saturated carbocycles. The molecule has 0 aliphatic heterocycles. The number of rotatable bonds is 1. The van der Waals surface area contributed by atoms with Crippen molar-refractivity contribution in [3.05, 3.63) is 12.7 Å². The van der Waals surface area contributed by atoms with Gasteiger partial charge >= 0.3 is 0 Å². The first-order valence-electron chi connectivity index (χ1n) is 4.96. The zero-order chi connectivity index (χ0) is 9.54. The molecule has 2 aliphatic carbocycles. The van der Waals surface area contributed by atoms with Crippen molar-refractivity contribution < 1.29 is 5.21 Å². The van der Waals surface area contributed by atoms with Crippen LogP contribution < -0.4 is 0 Å². The molecule has 1 aromatic heterocycles. The van der Waals surface area contributed by atoms with Crippen LogP contribution in [0.3, 0.4) is 0 Å². The van der Waals surface area contributed by atoms with E-state index in [-0.39, 0.29) is 6.04 Å². The lowest BCUT2D eigenvalue weighted by atomic mass is 9.93. The Labute approximate surface area is 81.4 Å². The minimum Gasteiger partial charge on any atom is -0.411 e. The maximum atomic E-state index is 8.98. The molecule has 1 aromatic rings. The van der Waals surface area contributed by atoms with E-state index in [1.807, 2.05) is 4.68 Å². The quantitative estimate of drug-likeness (QED) is 0.535. The highest BCUT2D eigenvalue weighted by Crippen LogP contribution is 2.48. The molecular formula is C9H12N4O. The third-order valence-electron chi connectivity index (χ3n) is 3.48. The largest absolute Gasteiger partial charge is 0.411 e. The van der Waals surface area contributed by atoms with Crippen molar-refractivity contribution in [1.29, 1.82) is 0 Å². The van der Waals surface area contributed by atoms with Gasteiger partial charge in [0.15, 0.2) is 0 Å². The molecule has 1 heterocycles. The summed E-state index contributed by atoms with van der Waals surface area (Å²) in [5.41, 5.74) is 0.895. The maximum Gasteiger partial charge on any atom is 0.137 e. The summed E-state index contributed by atoms with van der Waals surface area (Å²) in [6.45, 7) is 0. The molecular weight excluding hydrogens is 180 g/mol. The van der Waals surface area contributed by atoms with Crippen LogP contribution in [0.2, 0.25) is 0 Å². The summed E-state index contributed by atoms with van der Waals surface area (Å²) in [6, 6.07) is 0.154. The summed E-state index contributed by atoms with van der Waals surface area (Å²) in [6.07, 6.45) is 6.75. The molecule has 0 unspecified atom stereocenters. The lowest BCUT2D eigenvalue weighted by Crippen LogP contribution is -2.26. The highest BCUT2D eigenvalue weighted by Gasteiger charge is 2.46. The number of aromatic nitrogens is 3. The predicted molar refractivity (Wildman–Crippen MR) is 49.1 cm³/mol. The summed E-state index contributed by atoms with van der Waals surface area (Å²) in [5.74, 6) is 1.06. The summed E-state index contributed by atoms with van der Waals surface area (Å²) < 4.78 is 1.82. The molecule has 14 heavy (non-hydrogen) atoms. The molecule has 3 rings (SSSR count). The molecule has 0 amide bonds. The van der Waals surface area contributed by atoms with Crippen LogP contribution in [-0.2, 0) is 0 Å². The third-order valence-corrected chi connectivity index (χ3v) is 3.48. The van der Waals surface area contributed by atoms with Gasteiger partial charge in [-0.3, -0.25) is 0 Å². The van der Waals surface area contributed by atoms with E-state index >= 15 is 0 Å². The Bertz CT molecular complexity index is 359. The Hall–Kier alpha value is -1.39. The Morgan fingerprint density at radius 1 is 1.50 bits per heavy atom. The number of nitrogens with zero attached hydrogens (tertiary/aromatic N) is 4. The molecule has 0 aromatic carbocycles. The second-order valence-corrected chi connectivity index (χ2v) is 4.12. The van der Waals surface area contributed by atoms with Gasteiger partial charge in [0.05, 0.1) is 11.8 Å². The van der Waals surface area contributed by atoms with Gasteiger partial charge in [-0.25, -0.2) is 9.67 Å². The molecule has 0 spiro atoms. The molecule has 2 bridgehead atoms. The van der Waals surface area contributed by atoms with Gasteiger partial charge in [0.25, 0.3) is 0 Å². The molecule has 5 heteroatoms. The van der Waals surface area contributed by atoms with Crippen molar-refractivity contribution in [1.82, 2.24) is 14.8 Å². The van der Waals surface area contributed by atoms with E-state index in [1.165, 1.54) is 12.7 Å². The van der Waals surface area contributed by atoms with E-state index < -0.39 is 0 Å². The topological polar surface area (TPSA) is 63.3 Å². The van der Waals surface area contributed by atoms with Crippen LogP contribution >= 0.6 is 0 Å². The summed E-state index contributed by atoms with van der Waals surface area (Å²) in [4.78, 5) is 3.93. The normalized spacial score (nSPS) is 38.3. The SMILES string of the molecule is O/N=C1\[C@H]2CC[C@@H](C2)[C@@H]1n1cncn1. The fourth-order valence-corrected chi connectivity index (χ4v) is 2.91. The predicted octanol–water partition coefficient (Wildman–Crippen LogP) is 1.08. The molecule has 5 nitrogen and oxygen atoms in total. The fourth-order valence-electron chi connectivity index (χ4n) is 2.91. The molecule has 3 atom stereocenters. The van der Waals surface area contributed by atoms with Crippen molar-refractivity contribution in [2.24, 2.45) is 17.0 Å². The lowest BCUT2D eigenvalue weighted by molar-refractivity contribution is 0.304. The van der Waals surface area contributed by atoms with Gasteiger partial charge in [0, 0.05) is 5.92 Å². The van der Waals surface area contributed by atoms with Crippen LogP contribution in [0.5, 0.6) is 0 Å². The van der Waals surface area contributed by atoms with Crippen LogP contribution in [0.4, 0.5) is 0 Å². The van der Waals surface area contributed by atoms with Crippen molar-refractivity contribution in [3.8, 4) is 0 Å². The average Bonchev–Trinajstić information content (AvgIpc) is 2.92. The first kappa shape index (κ1) is 7.96. The minimum atomic E-state index is 0.154. The molecule has 74 valence electrons. The van der Waals surface area contributed by atoms with E-state index in [0.29, 0.717) is 11.8 Å². The first-order chi connectivity index (χ1) is 6.90. The number of oxime groups is 1. The minimum absolute atomic E-state index is 0.154. The van der Waals surface area contributed by atoms with E-state index in [1.54, 1.807) is 6.33 Å². The Kier molecular flexibility index (Phi) is 1.59. The van der Waals surface area contributed by atoms with Gasteiger partial charge in [-0.15, -0.1) is 0 Å². The first-order valence-corrected chi connectivity index (χ1v) is 4.96. The zero-order valence-corrected chi connectivity index (χ0v) is 7.74. The van der Waals surface area contributed by atoms with Gasteiger partial charge in [-0.2, -0.15) is 5.10 Å². The monoisotopic (exact) mass is 192 g/mol. The molecule has 1 N–H and O–H groups in total. The fraction of sp³-hybridized carbons (Fsp3) is 0.667. The van der Waals surface area contributed by atoms with Gasteiger partial charge < -0.3 is 5.21 Å². The van der Waals surface area contributed by atoms with Gasteiger partial charge in [0.1, 0.15) is 12.7 Å². The molecule has 0 radical (unpaired) electrons. The smallest absolute Gasteiger partial charge is 0.137 e. The summed E-state index contributed by atoms with van der Waals surface area (Å²) in [5, 5.41) is 16.5. The Morgan fingerprint density at radius 2 is 2.43 bits per heavy atom. The zero-order valence-electron chi connectivity index (χ0n) is 7.74. The molecule has 2 fully saturated rings. The highest BCUT2D eigenvalue weighted by molar-refractivity contribution is 5.93. The Morgan fingerprint density at radius 3 is 3.14 bits per heavy atom. The van der Waals surface area contributed by atoms with Gasteiger partial charge in [-0.1, -0.05) is 5.16 Å². The van der Waals surface area contributed by atoms with Crippen LogP contribution in [0, 0.1) is 11.8 Å². The second-order valence-electron chi connectivity index (χ2n) is 4.12. The number of fused-ring (bicyclic) bond motifs is 2. The lowest BCUT2D eigenvalue weighted by Gasteiger charge is -2.22. The van der Waals surface area contributed by atoms with Crippen molar-refractivity contribution in [2.45, 2.75) is 25.3 Å². The third kappa shape index (κ3) is 0.921. The average molecular weight is 192 g/mol. The standard InChI is InChI=1S/C9H12N4O/c14-12-8-6-1-2-7(3-6)9(8)13-5-10-4-11-13/h4-7,9,14H,1-3H2/b12-8+/t6-,7-,9-/m0/s1. The summed E-state index contributed by atoms with van der Waals surface area (Å²) >= 11 is 0. The van der Waals surface area contributed by atoms with Crippen molar-refractivity contribution in [2.75, 3.05) is 0 Å². The van der Waals surface area contributed by atoms with E-state index in [2.05, 4.69) is 15.2 Å². The van der Waals surface area contributed by atoms with E-state index in [4.69, 9.17) is 5.21 Å². The van der Waals surface area contributed by atoms with Crippen molar-refractivity contribution in [3.63, 3.8) is 0 Å². The van der Waals surface area contributed by atoms with E-state index in [0.717, 1.165) is 18.6 Å².